The lowest BCUT2D eigenvalue weighted by Gasteiger charge is -2.09. The van der Waals surface area contributed by atoms with Crippen molar-refractivity contribution in [1.29, 1.82) is 0 Å². The van der Waals surface area contributed by atoms with Crippen molar-refractivity contribution in [2.24, 2.45) is 0 Å². The van der Waals surface area contributed by atoms with Crippen molar-refractivity contribution in [3.05, 3.63) is 53.9 Å². The fourth-order valence-electron chi connectivity index (χ4n) is 1.52. The van der Waals surface area contributed by atoms with Crippen LogP contribution in [0.2, 0.25) is 0 Å². The topological polar surface area (TPSA) is 50.9 Å². The molecule has 1 aromatic carbocycles. The molecule has 0 saturated heterocycles. The number of nitrogen functional groups attached to an aromatic ring is 1. The first-order valence-corrected chi connectivity index (χ1v) is 5.25. The number of pyridine rings is 1. The van der Waals surface area contributed by atoms with Gasteiger partial charge in [0.05, 0.1) is 17.6 Å². The van der Waals surface area contributed by atoms with Gasteiger partial charge < -0.3 is 11.1 Å². The molecule has 0 fully saturated rings. The number of nitrogens with two attached hydrogens (primary N) is 1. The summed E-state index contributed by atoms with van der Waals surface area (Å²) in [5, 5.41) is 3.31. The molecule has 0 aliphatic carbocycles. The summed E-state index contributed by atoms with van der Waals surface area (Å²) in [4.78, 5) is 4.13. The first-order valence-electron chi connectivity index (χ1n) is 5.25. The van der Waals surface area contributed by atoms with Crippen LogP contribution in [0.3, 0.4) is 0 Å². The molecule has 0 atom stereocenters. The standard InChI is InChI=1S/C13H15N3/c1-10-7-13(12(14)9-15-10)16-8-11-5-3-2-4-6-11/h2-7,9H,8,14H2,1H3,(H,15,16). The Morgan fingerprint density at radius 1 is 1.25 bits per heavy atom. The van der Waals surface area contributed by atoms with Crippen LogP contribution < -0.4 is 11.1 Å². The van der Waals surface area contributed by atoms with Gasteiger partial charge in [0.1, 0.15) is 0 Å². The van der Waals surface area contributed by atoms with E-state index >= 15 is 0 Å². The molecule has 3 N–H and O–H groups in total. The second kappa shape index (κ2) is 4.66. The number of nitrogens with zero attached hydrogens (tertiary/aromatic N) is 1. The smallest absolute Gasteiger partial charge is 0.0736 e. The molecular formula is C13H15N3. The molecule has 1 aromatic heterocycles. The number of anilines is 2. The molecular weight excluding hydrogens is 198 g/mol. The Hall–Kier alpha value is -2.03. The fourth-order valence-corrected chi connectivity index (χ4v) is 1.52. The van der Waals surface area contributed by atoms with Crippen LogP contribution in [-0.4, -0.2) is 4.98 Å². The summed E-state index contributed by atoms with van der Waals surface area (Å²) in [7, 11) is 0. The maximum atomic E-state index is 5.83. The van der Waals surface area contributed by atoms with Crippen molar-refractivity contribution in [1.82, 2.24) is 4.98 Å². The van der Waals surface area contributed by atoms with E-state index < -0.39 is 0 Å². The number of aryl methyl sites for hydroxylation is 1. The number of rotatable bonds is 3. The Balaban J connectivity index is 2.08. The van der Waals surface area contributed by atoms with Crippen LogP contribution in [0.15, 0.2) is 42.6 Å². The van der Waals surface area contributed by atoms with Crippen LogP contribution in [0, 0.1) is 6.92 Å². The van der Waals surface area contributed by atoms with Gasteiger partial charge in [-0.1, -0.05) is 30.3 Å². The molecule has 3 heteroatoms. The second-order valence-electron chi connectivity index (χ2n) is 3.75. The summed E-state index contributed by atoms with van der Waals surface area (Å²) in [6, 6.07) is 12.2. The number of aromatic nitrogens is 1. The molecule has 0 spiro atoms. The summed E-state index contributed by atoms with van der Waals surface area (Å²) < 4.78 is 0. The highest BCUT2D eigenvalue weighted by atomic mass is 14.9. The SMILES string of the molecule is Cc1cc(NCc2ccccc2)c(N)cn1. The molecule has 16 heavy (non-hydrogen) atoms. The van der Waals surface area contributed by atoms with Gasteiger partial charge in [0, 0.05) is 12.2 Å². The molecule has 2 rings (SSSR count). The zero-order valence-corrected chi connectivity index (χ0v) is 9.27. The highest BCUT2D eigenvalue weighted by molar-refractivity contribution is 5.65. The average molecular weight is 213 g/mol. The zero-order chi connectivity index (χ0) is 11.4. The molecule has 0 unspecified atom stereocenters. The second-order valence-corrected chi connectivity index (χ2v) is 3.75. The van der Waals surface area contributed by atoms with Gasteiger partial charge in [0.15, 0.2) is 0 Å². The minimum Gasteiger partial charge on any atom is -0.396 e. The van der Waals surface area contributed by atoms with Crippen LogP contribution in [-0.2, 0) is 6.54 Å². The predicted octanol–water partition coefficient (Wildman–Crippen LogP) is 2.58. The fraction of sp³-hybridized carbons (Fsp3) is 0.154. The quantitative estimate of drug-likeness (QED) is 0.824. The third-order valence-corrected chi connectivity index (χ3v) is 2.40. The summed E-state index contributed by atoms with van der Waals surface area (Å²) >= 11 is 0. The number of hydrogen-bond acceptors (Lipinski definition) is 3. The minimum absolute atomic E-state index is 0.682. The van der Waals surface area contributed by atoms with Gasteiger partial charge in [-0.25, -0.2) is 0 Å². The van der Waals surface area contributed by atoms with Crippen molar-refractivity contribution in [2.45, 2.75) is 13.5 Å². The van der Waals surface area contributed by atoms with Crippen molar-refractivity contribution in [2.75, 3.05) is 11.1 Å². The number of benzene rings is 1. The van der Waals surface area contributed by atoms with Gasteiger partial charge in [-0.3, -0.25) is 4.98 Å². The molecule has 0 amide bonds. The Morgan fingerprint density at radius 2 is 2.00 bits per heavy atom. The maximum Gasteiger partial charge on any atom is 0.0736 e. The summed E-state index contributed by atoms with van der Waals surface area (Å²) in [5.41, 5.74) is 9.65. The molecule has 0 saturated carbocycles. The van der Waals surface area contributed by atoms with Crippen molar-refractivity contribution < 1.29 is 0 Å². The molecule has 0 aliphatic heterocycles. The zero-order valence-electron chi connectivity index (χ0n) is 9.27. The highest BCUT2D eigenvalue weighted by Crippen LogP contribution is 2.18. The lowest BCUT2D eigenvalue weighted by Crippen LogP contribution is -2.03. The van der Waals surface area contributed by atoms with E-state index in [1.807, 2.05) is 31.2 Å². The van der Waals surface area contributed by atoms with Gasteiger partial charge in [0.25, 0.3) is 0 Å². The van der Waals surface area contributed by atoms with Crippen LogP contribution >= 0.6 is 0 Å². The van der Waals surface area contributed by atoms with E-state index in [1.54, 1.807) is 6.20 Å². The lowest BCUT2D eigenvalue weighted by molar-refractivity contribution is 1.13. The van der Waals surface area contributed by atoms with E-state index in [0.717, 1.165) is 17.9 Å². The van der Waals surface area contributed by atoms with E-state index in [4.69, 9.17) is 5.73 Å². The third kappa shape index (κ3) is 2.51. The third-order valence-electron chi connectivity index (χ3n) is 2.40. The molecule has 0 radical (unpaired) electrons. The van der Waals surface area contributed by atoms with Crippen LogP contribution in [0.1, 0.15) is 11.3 Å². The van der Waals surface area contributed by atoms with Crippen LogP contribution in [0.5, 0.6) is 0 Å². The maximum absolute atomic E-state index is 5.83. The highest BCUT2D eigenvalue weighted by Gasteiger charge is 1.99. The molecule has 82 valence electrons. The predicted molar refractivity (Wildman–Crippen MR) is 67.2 cm³/mol. The van der Waals surface area contributed by atoms with Crippen LogP contribution in [0.25, 0.3) is 0 Å². The first kappa shape index (κ1) is 10.5. The summed E-state index contributed by atoms with van der Waals surface area (Å²) in [5.74, 6) is 0. The average Bonchev–Trinajstić information content (AvgIpc) is 2.32. The van der Waals surface area contributed by atoms with Gasteiger partial charge in [0.2, 0.25) is 0 Å². The van der Waals surface area contributed by atoms with E-state index in [-0.39, 0.29) is 0 Å². The molecule has 2 aromatic rings. The Labute approximate surface area is 95.3 Å². The number of nitrogens with one attached hydrogen (secondary N) is 1. The van der Waals surface area contributed by atoms with Crippen LogP contribution in [0.4, 0.5) is 11.4 Å². The van der Waals surface area contributed by atoms with Crippen molar-refractivity contribution in [3.8, 4) is 0 Å². The van der Waals surface area contributed by atoms with E-state index in [9.17, 15) is 0 Å². The molecule has 0 aliphatic rings. The van der Waals surface area contributed by atoms with Gasteiger partial charge in [-0.15, -0.1) is 0 Å². The molecule has 1 heterocycles. The first-order chi connectivity index (χ1) is 7.75. The molecule has 3 nitrogen and oxygen atoms in total. The normalized spacial score (nSPS) is 10.1. The van der Waals surface area contributed by atoms with Gasteiger partial charge in [-0.05, 0) is 18.6 Å². The summed E-state index contributed by atoms with van der Waals surface area (Å²) in [6.45, 7) is 2.72. The minimum atomic E-state index is 0.682. The monoisotopic (exact) mass is 213 g/mol. The summed E-state index contributed by atoms with van der Waals surface area (Å²) in [6.07, 6.45) is 1.68. The van der Waals surface area contributed by atoms with Gasteiger partial charge in [-0.2, -0.15) is 0 Å². The van der Waals surface area contributed by atoms with E-state index in [1.165, 1.54) is 5.56 Å². The number of hydrogen-bond donors (Lipinski definition) is 2. The van der Waals surface area contributed by atoms with E-state index in [0.29, 0.717) is 5.69 Å². The van der Waals surface area contributed by atoms with Crippen molar-refractivity contribution in [3.63, 3.8) is 0 Å². The van der Waals surface area contributed by atoms with E-state index in [2.05, 4.69) is 22.4 Å². The largest absolute Gasteiger partial charge is 0.396 e. The van der Waals surface area contributed by atoms with Crippen molar-refractivity contribution >= 4 is 11.4 Å². The van der Waals surface area contributed by atoms with Gasteiger partial charge >= 0.3 is 0 Å². The Kier molecular flexibility index (Phi) is 3.05. The Morgan fingerprint density at radius 3 is 2.75 bits per heavy atom. The molecule has 0 bridgehead atoms. The lowest BCUT2D eigenvalue weighted by atomic mass is 10.2. The Bertz CT molecular complexity index is 466.